The number of hydrogen-bond acceptors (Lipinski definition) is 2. The van der Waals surface area contributed by atoms with Crippen LogP contribution in [0.3, 0.4) is 0 Å². The van der Waals surface area contributed by atoms with Gasteiger partial charge in [0, 0.05) is 37.0 Å². The van der Waals surface area contributed by atoms with Crippen molar-refractivity contribution in [1.82, 2.24) is 9.80 Å². The van der Waals surface area contributed by atoms with Crippen LogP contribution in [0.2, 0.25) is 0 Å². The van der Waals surface area contributed by atoms with E-state index in [0.717, 1.165) is 25.7 Å². The van der Waals surface area contributed by atoms with Crippen LogP contribution in [-0.2, 0) is 9.59 Å². The maximum Gasteiger partial charge on any atom is 0.223 e. The van der Waals surface area contributed by atoms with Crippen LogP contribution in [0.5, 0.6) is 0 Å². The first-order valence-electron chi connectivity index (χ1n) is 14.0. The van der Waals surface area contributed by atoms with Gasteiger partial charge in [-0.1, -0.05) is 64.2 Å². The zero-order chi connectivity index (χ0) is 23.3. The molecule has 2 aliphatic carbocycles. The van der Waals surface area contributed by atoms with E-state index in [0.29, 0.717) is 48.8 Å². The van der Waals surface area contributed by atoms with E-state index in [1.807, 2.05) is 0 Å². The van der Waals surface area contributed by atoms with Crippen molar-refractivity contribution in [2.75, 3.05) is 0 Å². The summed E-state index contributed by atoms with van der Waals surface area (Å²) in [7, 11) is 0. The molecule has 0 aromatic heterocycles. The molecule has 4 nitrogen and oxygen atoms in total. The highest BCUT2D eigenvalue weighted by atomic mass is 16.2. The molecular weight excluding hydrogens is 396 g/mol. The summed E-state index contributed by atoms with van der Waals surface area (Å²) in [5.74, 6) is 0.739. The second kappa shape index (κ2) is 15.0. The Morgan fingerprint density at radius 3 is 1.19 bits per heavy atom. The summed E-state index contributed by atoms with van der Waals surface area (Å²) in [6, 6.07) is 1.60. The Morgan fingerprint density at radius 2 is 0.875 bits per heavy atom. The molecule has 0 unspecified atom stereocenters. The van der Waals surface area contributed by atoms with Crippen LogP contribution in [0, 0.1) is 0 Å². The third kappa shape index (κ3) is 9.06. The number of nitrogens with zero attached hydrogens (tertiary/aromatic N) is 2. The minimum Gasteiger partial charge on any atom is -0.337 e. The van der Waals surface area contributed by atoms with Gasteiger partial charge in [-0.15, -0.1) is 0 Å². The summed E-state index contributed by atoms with van der Waals surface area (Å²) in [5.41, 5.74) is 0. The Kier molecular flexibility index (Phi) is 12.7. The standard InChI is InChI=1S/C28H52N2O2/c1-23(2)29(25-17-11-9-12-18-25)27(31)21-15-7-5-6-8-16-22-28(32)30(24(3)4)26-19-13-10-14-20-26/h23-26H,5-22H2,1-4H3. The molecule has 2 aliphatic rings. The molecule has 0 spiro atoms. The summed E-state index contributed by atoms with van der Waals surface area (Å²) in [6.07, 6.45) is 20.6. The Balaban J connectivity index is 1.57. The van der Waals surface area contributed by atoms with Gasteiger partial charge in [-0.2, -0.15) is 0 Å². The minimum atomic E-state index is 0.321. The molecule has 2 fully saturated rings. The molecule has 0 radical (unpaired) electrons. The molecule has 0 aliphatic heterocycles. The van der Waals surface area contributed by atoms with Crippen LogP contribution >= 0.6 is 0 Å². The van der Waals surface area contributed by atoms with Gasteiger partial charge in [0.05, 0.1) is 0 Å². The van der Waals surface area contributed by atoms with Crippen molar-refractivity contribution >= 4 is 11.8 Å². The van der Waals surface area contributed by atoms with Crippen LogP contribution in [0.25, 0.3) is 0 Å². The van der Waals surface area contributed by atoms with Gasteiger partial charge in [-0.3, -0.25) is 9.59 Å². The van der Waals surface area contributed by atoms with Crippen LogP contribution in [0.15, 0.2) is 0 Å². The van der Waals surface area contributed by atoms with Gasteiger partial charge in [-0.25, -0.2) is 0 Å². The second-order valence-corrected chi connectivity index (χ2v) is 11.0. The molecule has 0 atom stereocenters. The Labute approximate surface area is 198 Å². The van der Waals surface area contributed by atoms with E-state index in [4.69, 9.17) is 0 Å². The second-order valence-electron chi connectivity index (χ2n) is 11.0. The van der Waals surface area contributed by atoms with E-state index >= 15 is 0 Å². The van der Waals surface area contributed by atoms with Gasteiger partial charge < -0.3 is 9.80 Å². The number of carbonyl (C=O) groups excluding carboxylic acids is 2. The fourth-order valence-corrected chi connectivity index (χ4v) is 6.06. The molecule has 0 bridgehead atoms. The highest BCUT2D eigenvalue weighted by Gasteiger charge is 2.28. The molecule has 0 heterocycles. The maximum atomic E-state index is 12.8. The van der Waals surface area contributed by atoms with Crippen LogP contribution in [-0.4, -0.2) is 45.8 Å². The molecule has 0 N–H and O–H groups in total. The minimum absolute atomic E-state index is 0.321. The van der Waals surface area contributed by atoms with Gasteiger partial charge in [0.1, 0.15) is 0 Å². The molecule has 2 rings (SSSR count). The number of carbonyl (C=O) groups is 2. The lowest BCUT2D eigenvalue weighted by molar-refractivity contribution is -0.137. The maximum absolute atomic E-state index is 12.8. The first-order chi connectivity index (χ1) is 15.4. The first kappa shape index (κ1) is 27.2. The van der Waals surface area contributed by atoms with Gasteiger partial charge in [0.2, 0.25) is 11.8 Å². The van der Waals surface area contributed by atoms with E-state index < -0.39 is 0 Å². The smallest absolute Gasteiger partial charge is 0.223 e. The summed E-state index contributed by atoms with van der Waals surface area (Å²) in [4.78, 5) is 30.0. The molecule has 2 amide bonds. The van der Waals surface area contributed by atoms with Crippen molar-refractivity contribution in [3.8, 4) is 0 Å². The zero-order valence-corrected chi connectivity index (χ0v) is 21.7. The summed E-state index contributed by atoms with van der Waals surface area (Å²) in [5, 5.41) is 0. The summed E-state index contributed by atoms with van der Waals surface area (Å²) < 4.78 is 0. The lowest BCUT2D eigenvalue weighted by Gasteiger charge is -2.37. The lowest BCUT2D eigenvalue weighted by atomic mass is 9.93. The Morgan fingerprint density at radius 1 is 0.562 bits per heavy atom. The van der Waals surface area contributed by atoms with Crippen molar-refractivity contribution in [2.24, 2.45) is 0 Å². The van der Waals surface area contributed by atoms with Gasteiger partial charge in [0.15, 0.2) is 0 Å². The van der Waals surface area contributed by atoms with Crippen molar-refractivity contribution in [1.29, 1.82) is 0 Å². The van der Waals surface area contributed by atoms with Crippen molar-refractivity contribution in [3.05, 3.63) is 0 Å². The van der Waals surface area contributed by atoms with E-state index in [1.165, 1.54) is 77.0 Å². The first-order valence-corrected chi connectivity index (χ1v) is 14.0. The summed E-state index contributed by atoms with van der Waals surface area (Å²) >= 11 is 0. The van der Waals surface area contributed by atoms with Crippen LogP contribution in [0.1, 0.15) is 143 Å². The molecule has 2 saturated carbocycles. The normalized spacial score (nSPS) is 18.3. The molecule has 32 heavy (non-hydrogen) atoms. The average Bonchev–Trinajstić information content (AvgIpc) is 2.77. The van der Waals surface area contributed by atoms with E-state index in [9.17, 15) is 9.59 Å². The summed E-state index contributed by atoms with van der Waals surface area (Å²) in [6.45, 7) is 8.68. The van der Waals surface area contributed by atoms with Gasteiger partial charge >= 0.3 is 0 Å². The number of rotatable bonds is 13. The Hall–Kier alpha value is -1.06. The van der Waals surface area contributed by atoms with Crippen molar-refractivity contribution in [3.63, 3.8) is 0 Å². The quantitative estimate of drug-likeness (QED) is 0.278. The zero-order valence-electron chi connectivity index (χ0n) is 21.7. The van der Waals surface area contributed by atoms with E-state index in [2.05, 4.69) is 37.5 Å². The Bertz CT molecular complexity index is 486. The highest BCUT2D eigenvalue weighted by Crippen LogP contribution is 2.26. The SMILES string of the molecule is CC(C)N(C(=O)CCCCCCCCC(=O)N(C(C)C)C1CCCCC1)C1CCCCC1. The van der Waals surface area contributed by atoms with Crippen molar-refractivity contribution < 1.29 is 9.59 Å². The average molecular weight is 449 g/mol. The van der Waals surface area contributed by atoms with Crippen molar-refractivity contribution in [2.45, 2.75) is 167 Å². The molecule has 0 saturated heterocycles. The van der Waals surface area contributed by atoms with Crippen LogP contribution in [0.4, 0.5) is 0 Å². The lowest BCUT2D eigenvalue weighted by Crippen LogP contribution is -2.45. The molecule has 0 aromatic carbocycles. The number of hydrogen-bond donors (Lipinski definition) is 0. The molecule has 4 heteroatoms. The fraction of sp³-hybridized carbons (Fsp3) is 0.929. The third-order valence-corrected chi connectivity index (χ3v) is 7.66. The third-order valence-electron chi connectivity index (χ3n) is 7.66. The predicted molar refractivity (Wildman–Crippen MR) is 135 cm³/mol. The largest absolute Gasteiger partial charge is 0.337 e. The fourth-order valence-electron chi connectivity index (χ4n) is 6.06. The monoisotopic (exact) mass is 448 g/mol. The van der Waals surface area contributed by atoms with Gasteiger partial charge in [-0.05, 0) is 66.2 Å². The predicted octanol–water partition coefficient (Wildman–Crippen LogP) is 7.25. The van der Waals surface area contributed by atoms with Gasteiger partial charge in [0.25, 0.3) is 0 Å². The highest BCUT2D eigenvalue weighted by molar-refractivity contribution is 5.77. The molecular formula is C28H52N2O2. The number of amides is 2. The number of unbranched alkanes of at least 4 members (excludes halogenated alkanes) is 5. The molecule has 0 aromatic rings. The van der Waals surface area contributed by atoms with Crippen LogP contribution < -0.4 is 0 Å². The topological polar surface area (TPSA) is 40.6 Å². The van der Waals surface area contributed by atoms with E-state index in [-0.39, 0.29) is 0 Å². The van der Waals surface area contributed by atoms with E-state index in [1.54, 1.807) is 0 Å². The molecule has 186 valence electrons.